The molecule has 28 heavy (non-hydrogen) atoms. The number of hydrogen-bond donors (Lipinski definition) is 5. The predicted octanol–water partition coefficient (Wildman–Crippen LogP) is -3.38. The molecule has 0 heterocycles. The second kappa shape index (κ2) is 12.3. The third kappa shape index (κ3) is 7.44. The molecule has 0 saturated heterocycles. The molecule has 5 atom stereocenters. The number of aliphatic hydroxyl groups is 4. The van der Waals surface area contributed by atoms with Gasteiger partial charge in [0.25, 0.3) is 0 Å². The summed E-state index contributed by atoms with van der Waals surface area (Å²) in [6.45, 7) is -0.374. The summed E-state index contributed by atoms with van der Waals surface area (Å²) in [5.74, 6) is -0.570. The number of nitrogens with zero attached hydrogens (tertiary/aromatic N) is 1. The minimum atomic E-state index is -2.94. The zero-order chi connectivity index (χ0) is 20.0. The molecule has 0 bridgehead atoms. The number of aromatic hydroxyl groups is 1. The molecule has 152 valence electrons. The first-order valence-electron chi connectivity index (χ1n) is 7.91. The maximum atomic E-state index is 10.4. The number of aliphatic hydroxyl groups excluding tert-OH is 4. The summed E-state index contributed by atoms with van der Waals surface area (Å²) in [5.41, 5.74) is 0.704. The Balaban J connectivity index is 0.00000392. The first-order chi connectivity index (χ1) is 12.8. The maximum absolute atomic E-state index is 10.4. The van der Waals surface area contributed by atoms with Crippen molar-refractivity contribution in [3.8, 4) is 5.75 Å². The van der Waals surface area contributed by atoms with Gasteiger partial charge in [-0.2, -0.15) is 4.33 Å². The summed E-state index contributed by atoms with van der Waals surface area (Å²) in [6.07, 6.45) is -3.67. The molecule has 1 aliphatic carbocycles. The van der Waals surface area contributed by atoms with Crippen LogP contribution in [0.2, 0.25) is 0 Å². The molecule has 0 aromatic heterocycles. The van der Waals surface area contributed by atoms with Crippen molar-refractivity contribution in [2.24, 2.45) is 11.1 Å². The number of phenols is 1. The van der Waals surface area contributed by atoms with Crippen LogP contribution in [0.5, 0.6) is 5.75 Å². The molecule has 1 aromatic carbocycles. The molecule has 1 aromatic rings. The van der Waals surface area contributed by atoms with E-state index in [-0.39, 0.29) is 59.8 Å². The van der Waals surface area contributed by atoms with Gasteiger partial charge in [0.15, 0.2) is 0 Å². The van der Waals surface area contributed by atoms with Gasteiger partial charge in [-0.15, -0.1) is 11.8 Å². The van der Waals surface area contributed by atoms with Gasteiger partial charge < -0.3 is 34.0 Å². The Bertz CT molecular complexity index is 706. The van der Waals surface area contributed by atoms with Gasteiger partial charge in [0.05, 0.1) is 23.2 Å². The molecule has 0 spiro atoms. The fourth-order valence-electron chi connectivity index (χ4n) is 2.72. The van der Waals surface area contributed by atoms with Crippen molar-refractivity contribution in [3.63, 3.8) is 0 Å². The van der Waals surface area contributed by atoms with Gasteiger partial charge in [-0.1, -0.05) is 12.1 Å². The van der Waals surface area contributed by atoms with Gasteiger partial charge in [0.2, 0.25) is 0 Å². The van der Waals surface area contributed by atoms with Gasteiger partial charge >= 0.3 is 29.6 Å². The van der Waals surface area contributed by atoms with Crippen molar-refractivity contribution in [1.29, 1.82) is 0 Å². The van der Waals surface area contributed by atoms with Crippen LogP contribution in [0.15, 0.2) is 29.4 Å². The van der Waals surface area contributed by atoms with Gasteiger partial charge in [-0.05, 0) is 29.3 Å². The fraction of sp³-hybridized carbons (Fsp3) is 0.533. The molecule has 10 nitrogen and oxygen atoms in total. The summed E-state index contributed by atoms with van der Waals surface area (Å²) in [6, 6.07) is 6.15. The van der Waals surface area contributed by atoms with Crippen LogP contribution in [0.1, 0.15) is 12.0 Å². The molecule has 0 amide bonds. The van der Waals surface area contributed by atoms with E-state index in [4.69, 9.17) is 0 Å². The third-order valence-electron chi connectivity index (χ3n) is 4.14. The van der Waals surface area contributed by atoms with Crippen molar-refractivity contribution in [3.05, 3.63) is 29.8 Å². The summed E-state index contributed by atoms with van der Waals surface area (Å²) in [5, 5.41) is 51.9. The van der Waals surface area contributed by atoms with E-state index in [1.807, 2.05) is 0 Å². The third-order valence-corrected chi connectivity index (χ3v) is 5.57. The standard InChI is InChI=1S/C15H20NO9S2.Na/c17-7-9-6-11(14(20)15(21)13(9)19)26-12(16-24-25-27(22)23)5-8-1-3-10(18)4-2-8;/h1-4,9,11,13-15,17-21H,5-7H2;/q-1;+1. The molecule has 1 saturated carbocycles. The minimum absolute atomic E-state index is 0. The van der Waals surface area contributed by atoms with E-state index >= 15 is 0 Å². The molecule has 5 N–H and O–H groups in total. The van der Waals surface area contributed by atoms with E-state index in [2.05, 4.69) is 14.5 Å². The van der Waals surface area contributed by atoms with Gasteiger partial charge in [0.1, 0.15) is 16.9 Å². The van der Waals surface area contributed by atoms with Crippen LogP contribution in [-0.4, -0.2) is 60.7 Å². The summed E-state index contributed by atoms with van der Waals surface area (Å²) in [7, 11) is -2.94. The number of phenolic OH excluding ortho intramolecular Hbond substituents is 1. The van der Waals surface area contributed by atoms with Crippen LogP contribution >= 0.6 is 11.8 Å². The van der Waals surface area contributed by atoms with Crippen LogP contribution in [0.4, 0.5) is 0 Å². The van der Waals surface area contributed by atoms with Crippen molar-refractivity contribution in [2.45, 2.75) is 36.4 Å². The first-order valence-corrected chi connectivity index (χ1v) is 9.79. The van der Waals surface area contributed by atoms with E-state index in [9.17, 15) is 34.0 Å². The number of rotatable bonds is 7. The Morgan fingerprint density at radius 2 is 1.79 bits per heavy atom. The average Bonchev–Trinajstić information content (AvgIpc) is 2.63. The number of benzene rings is 1. The van der Waals surface area contributed by atoms with Gasteiger partial charge in [-0.25, -0.2) is 4.99 Å². The van der Waals surface area contributed by atoms with Crippen LogP contribution < -0.4 is 29.6 Å². The molecule has 5 unspecified atom stereocenters. The SMILES string of the molecule is O=[S-](=O)OON=C(Cc1ccc(O)cc1)SC1CC(CO)C(O)C(O)C1O.[Na+]. The van der Waals surface area contributed by atoms with E-state index in [1.165, 1.54) is 12.1 Å². The van der Waals surface area contributed by atoms with Crippen molar-refractivity contribution >= 4 is 27.8 Å². The Morgan fingerprint density at radius 3 is 2.36 bits per heavy atom. The second-order valence-corrected chi connectivity index (χ2v) is 7.84. The zero-order valence-corrected chi connectivity index (χ0v) is 18.6. The smallest absolute Gasteiger partial charge is 0.508 e. The van der Waals surface area contributed by atoms with E-state index in [0.717, 1.165) is 11.8 Å². The van der Waals surface area contributed by atoms with E-state index < -0.39 is 40.5 Å². The first kappa shape index (κ1) is 25.6. The van der Waals surface area contributed by atoms with Crippen molar-refractivity contribution < 1.29 is 72.8 Å². The molecule has 0 aliphatic heterocycles. The summed E-state index contributed by atoms with van der Waals surface area (Å²) >= 11 is 0.999. The monoisotopic (exact) mass is 445 g/mol. The molecule has 1 aliphatic rings. The van der Waals surface area contributed by atoms with E-state index in [1.54, 1.807) is 12.1 Å². The predicted molar refractivity (Wildman–Crippen MR) is 94.7 cm³/mol. The second-order valence-electron chi connectivity index (χ2n) is 5.98. The normalized spacial score (nSPS) is 28.0. The molecular weight excluding hydrogens is 425 g/mol. The topological polar surface area (TPSA) is 166 Å². The van der Waals surface area contributed by atoms with Crippen LogP contribution in [-0.2, 0) is 35.1 Å². The van der Waals surface area contributed by atoms with Crippen LogP contribution in [0, 0.1) is 5.92 Å². The Labute approximate surface area is 189 Å². The Morgan fingerprint density at radius 1 is 1.14 bits per heavy atom. The van der Waals surface area contributed by atoms with Gasteiger partial charge in [0, 0.05) is 24.2 Å². The quantitative estimate of drug-likeness (QED) is 0.0714. The number of hydrogen-bond acceptors (Lipinski definition) is 12. The summed E-state index contributed by atoms with van der Waals surface area (Å²) < 4.78 is 24.7. The maximum Gasteiger partial charge on any atom is 1.00 e. The van der Waals surface area contributed by atoms with E-state index in [0.29, 0.717) is 5.56 Å². The molecule has 1 fully saturated rings. The zero-order valence-electron chi connectivity index (χ0n) is 15.0. The average molecular weight is 445 g/mol. The number of thioether (sulfide) groups is 1. The summed E-state index contributed by atoms with van der Waals surface area (Å²) in [4.78, 5) is 4.29. The molecule has 13 heteroatoms. The van der Waals surface area contributed by atoms with Crippen LogP contribution in [0.25, 0.3) is 0 Å². The fourth-order valence-corrected chi connectivity index (χ4v) is 4.12. The minimum Gasteiger partial charge on any atom is -0.508 e. The number of oxime groups is 1. The van der Waals surface area contributed by atoms with Crippen molar-refractivity contribution in [2.75, 3.05) is 6.61 Å². The van der Waals surface area contributed by atoms with Crippen molar-refractivity contribution in [1.82, 2.24) is 0 Å². The molecule has 0 radical (unpaired) electrons. The van der Waals surface area contributed by atoms with Crippen LogP contribution in [0.3, 0.4) is 0 Å². The Kier molecular flexibility index (Phi) is 11.3. The molecule has 2 rings (SSSR count). The van der Waals surface area contributed by atoms with Gasteiger partial charge in [-0.3, -0.25) is 0 Å². The largest absolute Gasteiger partial charge is 1.00 e. The molecular formula is C15H20NNaO9S2. The Hall–Kier alpha value is -0.410.